The van der Waals surface area contributed by atoms with Crippen molar-refractivity contribution in [2.45, 2.75) is 0 Å². The first kappa shape index (κ1) is 16.9. The summed E-state index contributed by atoms with van der Waals surface area (Å²) in [5, 5.41) is 10.4. The second-order valence-electron chi connectivity index (χ2n) is 6.40. The van der Waals surface area contributed by atoms with Gasteiger partial charge >= 0.3 is 0 Å². The summed E-state index contributed by atoms with van der Waals surface area (Å²) in [6, 6.07) is 17.5. The van der Waals surface area contributed by atoms with Crippen molar-refractivity contribution in [3.05, 3.63) is 67.0 Å². The zero-order chi connectivity index (χ0) is 18.8. The molecular formula is C21H19N5O. The van der Waals surface area contributed by atoms with E-state index in [2.05, 4.69) is 10.5 Å². The molecule has 134 valence electrons. The average molecular weight is 357 g/mol. The van der Waals surface area contributed by atoms with Crippen LogP contribution in [0.15, 0.2) is 67.0 Å². The van der Waals surface area contributed by atoms with Crippen molar-refractivity contribution in [1.82, 2.24) is 15.0 Å². The van der Waals surface area contributed by atoms with Gasteiger partial charge in [0, 0.05) is 43.0 Å². The maximum absolute atomic E-state index is 9.41. The van der Waals surface area contributed by atoms with Crippen LogP contribution in [0.4, 0.5) is 11.5 Å². The standard InChI is InChI=1S/C21H19N5O/c1-26(2)21-17-12-14(16-7-3-4-8-19(16)25-27)9-10-18(17)23-20(24-21)15-6-5-11-22-13-15/h3-13,25,27H,1-2H3. The van der Waals surface area contributed by atoms with E-state index in [1.54, 1.807) is 12.4 Å². The number of benzene rings is 2. The summed E-state index contributed by atoms with van der Waals surface area (Å²) in [6.45, 7) is 0. The second kappa shape index (κ2) is 7.01. The first-order valence-electron chi connectivity index (χ1n) is 8.56. The smallest absolute Gasteiger partial charge is 0.163 e. The third-order valence-corrected chi connectivity index (χ3v) is 4.38. The Hall–Kier alpha value is -3.51. The summed E-state index contributed by atoms with van der Waals surface area (Å²) in [5.41, 5.74) is 6.52. The molecule has 2 aromatic heterocycles. The highest BCUT2D eigenvalue weighted by Gasteiger charge is 2.13. The average Bonchev–Trinajstić information content (AvgIpc) is 2.73. The Morgan fingerprint density at radius 1 is 0.926 bits per heavy atom. The van der Waals surface area contributed by atoms with Gasteiger partial charge in [-0.1, -0.05) is 24.3 Å². The number of fused-ring (bicyclic) bond motifs is 1. The monoisotopic (exact) mass is 357 g/mol. The minimum absolute atomic E-state index is 0.643. The molecule has 0 amide bonds. The molecule has 0 fully saturated rings. The van der Waals surface area contributed by atoms with Gasteiger partial charge < -0.3 is 4.90 Å². The van der Waals surface area contributed by atoms with Crippen molar-refractivity contribution in [1.29, 1.82) is 0 Å². The number of nitrogens with one attached hydrogen (secondary N) is 1. The molecule has 0 unspecified atom stereocenters. The largest absolute Gasteiger partial charge is 0.362 e. The van der Waals surface area contributed by atoms with Crippen molar-refractivity contribution < 1.29 is 5.21 Å². The van der Waals surface area contributed by atoms with Gasteiger partial charge in [-0.2, -0.15) is 0 Å². The van der Waals surface area contributed by atoms with E-state index in [9.17, 15) is 5.21 Å². The molecule has 0 saturated carbocycles. The van der Waals surface area contributed by atoms with E-state index in [-0.39, 0.29) is 0 Å². The van der Waals surface area contributed by atoms with Crippen LogP contribution in [-0.4, -0.2) is 34.3 Å². The lowest BCUT2D eigenvalue weighted by molar-refractivity contribution is 0.389. The van der Waals surface area contributed by atoms with Gasteiger partial charge in [-0.25, -0.2) is 9.97 Å². The predicted molar refractivity (Wildman–Crippen MR) is 108 cm³/mol. The van der Waals surface area contributed by atoms with E-state index in [4.69, 9.17) is 9.97 Å². The van der Waals surface area contributed by atoms with Gasteiger partial charge in [-0.3, -0.25) is 15.7 Å². The van der Waals surface area contributed by atoms with Gasteiger partial charge in [0.25, 0.3) is 0 Å². The summed E-state index contributed by atoms with van der Waals surface area (Å²) >= 11 is 0. The zero-order valence-electron chi connectivity index (χ0n) is 15.1. The molecule has 0 aliphatic heterocycles. The molecule has 0 saturated heterocycles. The highest BCUT2D eigenvalue weighted by Crippen LogP contribution is 2.33. The minimum Gasteiger partial charge on any atom is -0.362 e. The number of para-hydroxylation sites is 1. The maximum atomic E-state index is 9.41. The molecule has 0 aliphatic carbocycles. The molecule has 2 heterocycles. The highest BCUT2D eigenvalue weighted by molar-refractivity contribution is 5.95. The Labute approximate surface area is 157 Å². The van der Waals surface area contributed by atoms with Gasteiger partial charge in [-0.15, -0.1) is 0 Å². The van der Waals surface area contributed by atoms with Crippen LogP contribution in [0.25, 0.3) is 33.4 Å². The van der Waals surface area contributed by atoms with Gasteiger partial charge in [0.1, 0.15) is 5.82 Å². The van der Waals surface area contributed by atoms with Gasteiger partial charge in [0.15, 0.2) is 5.82 Å². The lowest BCUT2D eigenvalue weighted by Gasteiger charge is -2.17. The molecule has 6 heteroatoms. The molecule has 0 radical (unpaired) electrons. The molecule has 0 atom stereocenters. The molecule has 6 nitrogen and oxygen atoms in total. The summed E-state index contributed by atoms with van der Waals surface area (Å²) in [6.07, 6.45) is 3.49. The Kier molecular flexibility index (Phi) is 4.40. The van der Waals surface area contributed by atoms with Crippen LogP contribution in [-0.2, 0) is 0 Å². The minimum atomic E-state index is 0.643. The molecule has 0 spiro atoms. The first-order chi connectivity index (χ1) is 13.2. The zero-order valence-corrected chi connectivity index (χ0v) is 15.1. The van der Waals surface area contributed by atoms with Crippen LogP contribution in [0.3, 0.4) is 0 Å². The van der Waals surface area contributed by atoms with E-state index in [1.165, 1.54) is 0 Å². The van der Waals surface area contributed by atoms with Crippen molar-refractivity contribution in [3.8, 4) is 22.5 Å². The van der Waals surface area contributed by atoms with Crippen LogP contribution < -0.4 is 10.4 Å². The number of aromatic nitrogens is 3. The van der Waals surface area contributed by atoms with Crippen LogP contribution in [0.1, 0.15) is 0 Å². The fraction of sp³-hybridized carbons (Fsp3) is 0.0952. The van der Waals surface area contributed by atoms with E-state index in [0.717, 1.165) is 33.4 Å². The number of anilines is 2. The fourth-order valence-corrected chi connectivity index (χ4v) is 3.08. The summed E-state index contributed by atoms with van der Waals surface area (Å²) in [4.78, 5) is 15.6. The van der Waals surface area contributed by atoms with E-state index < -0.39 is 0 Å². The van der Waals surface area contributed by atoms with Crippen molar-refractivity contribution in [2.75, 3.05) is 24.5 Å². The molecular weight excluding hydrogens is 338 g/mol. The van der Waals surface area contributed by atoms with Crippen LogP contribution >= 0.6 is 0 Å². The Morgan fingerprint density at radius 2 is 1.78 bits per heavy atom. The predicted octanol–water partition coefficient (Wildman–Crippen LogP) is 4.23. The molecule has 0 aliphatic rings. The topological polar surface area (TPSA) is 74.2 Å². The number of rotatable bonds is 4. The number of hydrogen-bond donors (Lipinski definition) is 2. The molecule has 4 rings (SSSR count). The van der Waals surface area contributed by atoms with Crippen LogP contribution in [0.5, 0.6) is 0 Å². The lowest BCUT2D eigenvalue weighted by Crippen LogP contribution is -2.12. The van der Waals surface area contributed by atoms with E-state index >= 15 is 0 Å². The Balaban J connectivity index is 1.92. The van der Waals surface area contributed by atoms with Crippen molar-refractivity contribution in [2.24, 2.45) is 0 Å². The van der Waals surface area contributed by atoms with E-state index in [1.807, 2.05) is 73.6 Å². The third kappa shape index (κ3) is 3.18. The van der Waals surface area contributed by atoms with Crippen molar-refractivity contribution in [3.63, 3.8) is 0 Å². The molecule has 0 bridgehead atoms. The summed E-state index contributed by atoms with van der Waals surface area (Å²) in [5.74, 6) is 1.47. The maximum Gasteiger partial charge on any atom is 0.163 e. The molecule has 4 aromatic rings. The molecule has 27 heavy (non-hydrogen) atoms. The fourth-order valence-electron chi connectivity index (χ4n) is 3.08. The third-order valence-electron chi connectivity index (χ3n) is 4.38. The van der Waals surface area contributed by atoms with Crippen molar-refractivity contribution >= 4 is 22.4 Å². The van der Waals surface area contributed by atoms with Gasteiger partial charge in [0.05, 0.1) is 11.2 Å². The number of nitrogens with zero attached hydrogens (tertiary/aromatic N) is 4. The summed E-state index contributed by atoms with van der Waals surface area (Å²) < 4.78 is 0. The molecule has 2 N–H and O–H groups in total. The lowest BCUT2D eigenvalue weighted by atomic mass is 10.0. The quantitative estimate of drug-likeness (QED) is 0.533. The van der Waals surface area contributed by atoms with Gasteiger partial charge in [0.2, 0.25) is 0 Å². The number of hydrogen-bond acceptors (Lipinski definition) is 6. The Morgan fingerprint density at radius 3 is 2.52 bits per heavy atom. The SMILES string of the molecule is CN(C)c1nc(-c2cccnc2)nc2ccc(-c3ccccc3NO)cc12. The molecule has 2 aromatic carbocycles. The normalized spacial score (nSPS) is 10.8. The highest BCUT2D eigenvalue weighted by atomic mass is 16.5. The van der Waals surface area contributed by atoms with Gasteiger partial charge in [-0.05, 0) is 35.9 Å². The number of pyridine rings is 1. The van der Waals surface area contributed by atoms with Crippen LogP contribution in [0, 0.1) is 0 Å². The van der Waals surface area contributed by atoms with Crippen LogP contribution in [0.2, 0.25) is 0 Å². The second-order valence-corrected chi connectivity index (χ2v) is 6.40. The Bertz CT molecular complexity index is 1100. The van der Waals surface area contributed by atoms with E-state index in [0.29, 0.717) is 11.5 Å². The first-order valence-corrected chi connectivity index (χ1v) is 8.56. The summed E-state index contributed by atoms with van der Waals surface area (Å²) in [7, 11) is 3.93.